The van der Waals surface area contributed by atoms with Gasteiger partial charge < -0.3 is 15.2 Å². The molecule has 0 radical (unpaired) electrons. The maximum Gasteiger partial charge on any atom is 0.310 e. The van der Waals surface area contributed by atoms with Crippen molar-refractivity contribution in [1.82, 2.24) is 5.32 Å². The van der Waals surface area contributed by atoms with Crippen LogP contribution < -0.4 is 5.32 Å². The van der Waals surface area contributed by atoms with Crippen molar-refractivity contribution >= 4 is 11.9 Å². The van der Waals surface area contributed by atoms with Crippen LogP contribution in [0.3, 0.4) is 0 Å². The number of ether oxygens (including phenoxy) is 1. The summed E-state index contributed by atoms with van der Waals surface area (Å²) in [5.74, 6) is -0.916. The van der Waals surface area contributed by atoms with Crippen molar-refractivity contribution in [3.05, 3.63) is 0 Å². The van der Waals surface area contributed by atoms with Crippen molar-refractivity contribution < 1.29 is 19.4 Å². The number of carboxylic acid groups (broad SMARTS) is 1. The average Bonchev–Trinajstić information content (AvgIpc) is 2.81. The molecule has 1 aliphatic heterocycles. The van der Waals surface area contributed by atoms with Gasteiger partial charge in [-0.25, -0.2) is 0 Å². The number of hydrogen-bond acceptors (Lipinski definition) is 3. The van der Waals surface area contributed by atoms with Crippen LogP contribution in [0.5, 0.6) is 0 Å². The highest BCUT2D eigenvalue weighted by atomic mass is 16.5. The molecule has 1 atom stereocenters. The Labute approximate surface area is 125 Å². The molecule has 1 unspecified atom stereocenters. The molecule has 118 valence electrons. The van der Waals surface area contributed by atoms with Crippen LogP contribution in [-0.4, -0.2) is 35.2 Å². The van der Waals surface area contributed by atoms with Crippen LogP contribution in [-0.2, 0) is 14.3 Å². The van der Waals surface area contributed by atoms with Gasteiger partial charge in [-0.1, -0.05) is 19.3 Å². The number of carbonyl (C=O) groups is 2. The van der Waals surface area contributed by atoms with Crippen LogP contribution in [0, 0.1) is 5.41 Å². The van der Waals surface area contributed by atoms with E-state index in [9.17, 15) is 14.7 Å². The van der Waals surface area contributed by atoms with Crippen molar-refractivity contribution in [3.63, 3.8) is 0 Å². The number of hydrogen-bond donors (Lipinski definition) is 2. The summed E-state index contributed by atoms with van der Waals surface area (Å²) in [6.45, 7) is 0.703. The molecule has 2 aliphatic carbocycles. The number of nitrogens with one attached hydrogen (secondary N) is 1. The maximum absolute atomic E-state index is 12.2. The predicted molar refractivity (Wildman–Crippen MR) is 76.9 cm³/mol. The molecule has 2 N–H and O–H groups in total. The number of rotatable bonds is 4. The minimum Gasteiger partial charge on any atom is -0.481 e. The summed E-state index contributed by atoms with van der Waals surface area (Å²) in [6.07, 6.45) is 8.66. The zero-order valence-electron chi connectivity index (χ0n) is 12.5. The molecule has 3 aliphatic rings. The number of carbonyl (C=O) groups excluding carboxylic acids is 1. The molecule has 5 heteroatoms. The number of carboxylic acids is 1. The number of amides is 1. The molecule has 0 aromatic heterocycles. The fourth-order valence-electron chi connectivity index (χ4n) is 4.17. The second-order valence-electron chi connectivity index (χ2n) is 7.11. The fourth-order valence-corrected chi connectivity index (χ4v) is 4.17. The maximum atomic E-state index is 12.2. The lowest BCUT2D eigenvalue weighted by molar-refractivity contribution is -0.158. The second-order valence-corrected chi connectivity index (χ2v) is 7.11. The van der Waals surface area contributed by atoms with Crippen molar-refractivity contribution in [2.45, 2.75) is 75.9 Å². The molecule has 2 saturated carbocycles. The molecule has 1 spiro atoms. The summed E-state index contributed by atoms with van der Waals surface area (Å²) < 4.78 is 5.96. The van der Waals surface area contributed by atoms with Crippen LogP contribution in [0.4, 0.5) is 0 Å². The Morgan fingerprint density at radius 3 is 2.43 bits per heavy atom. The first-order valence-electron chi connectivity index (χ1n) is 8.20. The molecule has 3 rings (SSSR count). The summed E-state index contributed by atoms with van der Waals surface area (Å²) in [5, 5.41) is 12.4. The third-order valence-electron chi connectivity index (χ3n) is 5.64. The first-order valence-corrected chi connectivity index (χ1v) is 8.20. The molecular weight excluding hydrogens is 270 g/mol. The minimum atomic E-state index is -0.817. The van der Waals surface area contributed by atoms with E-state index in [1.165, 1.54) is 12.8 Å². The standard InChI is InChI=1S/C16H25NO4/c18-13(11-15(14(19)20)5-3-6-15)17-12-4-9-21-16(10-12)7-1-2-8-16/h12H,1-11H2,(H,17,18)(H,19,20). The lowest BCUT2D eigenvalue weighted by Crippen LogP contribution is -2.49. The van der Waals surface area contributed by atoms with E-state index in [4.69, 9.17) is 4.74 Å². The monoisotopic (exact) mass is 295 g/mol. The highest BCUT2D eigenvalue weighted by Gasteiger charge is 2.46. The van der Waals surface area contributed by atoms with E-state index in [1.807, 2.05) is 0 Å². The topological polar surface area (TPSA) is 75.6 Å². The molecule has 0 aromatic carbocycles. The SMILES string of the molecule is O=C(CC1(C(=O)O)CCC1)NC1CCOC2(CCCC2)C1. The largest absolute Gasteiger partial charge is 0.481 e. The normalized spacial score (nSPS) is 29.8. The Morgan fingerprint density at radius 1 is 1.14 bits per heavy atom. The van der Waals surface area contributed by atoms with Gasteiger partial charge in [-0.3, -0.25) is 9.59 Å². The van der Waals surface area contributed by atoms with E-state index in [-0.39, 0.29) is 24.0 Å². The van der Waals surface area contributed by atoms with E-state index in [0.717, 1.165) is 32.1 Å². The zero-order valence-corrected chi connectivity index (χ0v) is 12.5. The van der Waals surface area contributed by atoms with E-state index in [0.29, 0.717) is 19.4 Å². The summed E-state index contributed by atoms with van der Waals surface area (Å²) in [4.78, 5) is 23.5. The van der Waals surface area contributed by atoms with E-state index in [1.54, 1.807) is 0 Å². The van der Waals surface area contributed by atoms with Crippen LogP contribution in [0.15, 0.2) is 0 Å². The first kappa shape index (κ1) is 14.8. The van der Waals surface area contributed by atoms with Crippen molar-refractivity contribution in [2.24, 2.45) is 5.41 Å². The highest BCUT2D eigenvalue weighted by molar-refractivity contribution is 5.85. The molecule has 0 bridgehead atoms. The summed E-state index contributed by atoms with van der Waals surface area (Å²) in [6, 6.07) is 0.148. The highest BCUT2D eigenvalue weighted by Crippen LogP contribution is 2.44. The molecule has 21 heavy (non-hydrogen) atoms. The summed E-state index contributed by atoms with van der Waals surface area (Å²) in [5.41, 5.74) is -0.808. The number of aliphatic carboxylic acids is 1. The van der Waals surface area contributed by atoms with Crippen LogP contribution in [0.1, 0.15) is 64.2 Å². The van der Waals surface area contributed by atoms with E-state index < -0.39 is 11.4 Å². The Morgan fingerprint density at radius 2 is 1.86 bits per heavy atom. The van der Waals surface area contributed by atoms with Gasteiger partial charge in [0.2, 0.25) is 5.91 Å². The van der Waals surface area contributed by atoms with Gasteiger partial charge in [0.15, 0.2) is 0 Å². The Kier molecular flexibility index (Phi) is 3.95. The first-order chi connectivity index (χ1) is 10.0. The van der Waals surface area contributed by atoms with Gasteiger partial charge in [0.05, 0.1) is 11.0 Å². The molecule has 0 aromatic rings. The third kappa shape index (κ3) is 2.93. The minimum absolute atomic E-state index is 0.0167. The predicted octanol–water partition coefficient (Wildman–Crippen LogP) is 2.24. The summed E-state index contributed by atoms with van der Waals surface area (Å²) in [7, 11) is 0. The quantitative estimate of drug-likeness (QED) is 0.834. The van der Waals surface area contributed by atoms with Gasteiger partial charge in [-0.2, -0.15) is 0 Å². The second kappa shape index (κ2) is 5.59. The van der Waals surface area contributed by atoms with Gasteiger partial charge in [-0.15, -0.1) is 0 Å². The lowest BCUT2D eigenvalue weighted by Gasteiger charge is -2.40. The zero-order chi connectivity index (χ0) is 14.9. The van der Waals surface area contributed by atoms with Crippen molar-refractivity contribution in [2.75, 3.05) is 6.61 Å². The summed E-state index contributed by atoms with van der Waals surface area (Å²) >= 11 is 0. The van der Waals surface area contributed by atoms with Gasteiger partial charge in [-0.05, 0) is 38.5 Å². The van der Waals surface area contributed by atoms with Crippen LogP contribution >= 0.6 is 0 Å². The van der Waals surface area contributed by atoms with Crippen LogP contribution in [0.25, 0.3) is 0 Å². The lowest BCUT2D eigenvalue weighted by atomic mass is 9.66. The third-order valence-corrected chi connectivity index (χ3v) is 5.64. The smallest absolute Gasteiger partial charge is 0.310 e. The van der Waals surface area contributed by atoms with E-state index >= 15 is 0 Å². The molecule has 1 amide bonds. The van der Waals surface area contributed by atoms with Crippen molar-refractivity contribution in [1.29, 1.82) is 0 Å². The van der Waals surface area contributed by atoms with Crippen LogP contribution in [0.2, 0.25) is 0 Å². The molecule has 3 fully saturated rings. The molecule has 1 saturated heterocycles. The Bertz CT molecular complexity index is 424. The van der Waals surface area contributed by atoms with Crippen molar-refractivity contribution in [3.8, 4) is 0 Å². The van der Waals surface area contributed by atoms with E-state index in [2.05, 4.69) is 5.32 Å². The van der Waals surface area contributed by atoms with Gasteiger partial charge in [0.1, 0.15) is 0 Å². The van der Waals surface area contributed by atoms with Gasteiger partial charge in [0, 0.05) is 19.1 Å². The molecule has 1 heterocycles. The van der Waals surface area contributed by atoms with Gasteiger partial charge >= 0.3 is 5.97 Å². The Hall–Kier alpha value is -1.10. The molecular formula is C16H25NO4. The molecule has 5 nitrogen and oxygen atoms in total. The van der Waals surface area contributed by atoms with Gasteiger partial charge in [0.25, 0.3) is 0 Å². The Balaban J connectivity index is 1.54. The average molecular weight is 295 g/mol. The fraction of sp³-hybridized carbons (Fsp3) is 0.875.